The van der Waals surface area contributed by atoms with Crippen molar-refractivity contribution in [3.8, 4) is 0 Å². The average Bonchev–Trinajstić information content (AvgIpc) is 3.08. The van der Waals surface area contributed by atoms with Crippen LogP contribution in [0.5, 0.6) is 0 Å². The highest BCUT2D eigenvalue weighted by Gasteiger charge is 2.15. The molecule has 0 radical (unpaired) electrons. The topological polar surface area (TPSA) is 123 Å². The SMILES string of the molecule is Cc1cc(C)cc(NC(=O)CSc2nnc(Cc3c(C)[nH]c(=O)n(C)c3=O)o2)c1. The molecule has 2 aromatic heterocycles. The molecule has 10 heteroatoms. The van der Waals surface area contributed by atoms with Crippen LogP contribution < -0.4 is 16.6 Å². The Bertz CT molecular complexity index is 1160. The molecule has 0 fully saturated rings. The average molecular weight is 415 g/mol. The van der Waals surface area contributed by atoms with Crippen molar-refractivity contribution in [2.75, 3.05) is 11.1 Å². The summed E-state index contributed by atoms with van der Waals surface area (Å²) in [6, 6.07) is 5.82. The van der Waals surface area contributed by atoms with Crippen molar-refractivity contribution < 1.29 is 9.21 Å². The number of aromatic nitrogens is 4. The van der Waals surface area contributed by atoms with Crippen molar-refractivity contribution in [2.45, 2.75) is 32.4 Å². The highest BCUT2D eigenvalue weighted by molar-refractivity contribution is 7.99. The van der Waals surface area contributed by atoms with E-state index in [2.05, 4.69) is 20.5 Å². The fraction of sp³-hybridized carbons (Fsp3) is 0.316. The molecule has 2 N–H and O–H groups in total. The van der Waals surface area contributed by atoms with Gasteiger partial charge in [0, 0.05) is 24.0 Å². The maximum Gasteiger partial charge on any atom is 0.328 e. The first kappa shape index (κ1) is 20.6. The molecule has 0 bridgehead atoms. The molecule has 29 heavy (non-hydrogen) atoms. The van der Waals surface area contributed by atoms with Gasteiger partial charge in [0.05, 0.1) is 12.2 Å². The van der Waals surface area contributed by atoms with Crippen molar-refractivity contribution in [3.63, 3.8) is 0 Å². The molecular weight excluding hydrogens is 394 g/mol. The van der Waals surface area contributed by atoms with E-state index >= 15 is 0 Å². The first-order valence-corrected chi connectivity index (χ1v) is 9.83. The summed E-state index contributed by atoms with van der Waals surface area (Å²) in [4.78, 5) is 38.6. The van der Waals surface area contributed by atoms with E-state index in [1.165, 1.54) is 7.05 Å². The molecule has 0 atom stereocenters. The van der Waals surface area contributed by atoms with Crippen LogP contribution in [0.4, 0.5) is 5.69 Å². The van der Waals surface area contributed by atoms with Crippen LogP contribution in [0, 0.1) is 20.8 Å². The van der Waals surface area contributed by atoms with Crippen LogP contribution in [0.3, 0.4) is 0 Å². The second-order valence-corrected chi connectivity index (χ2v) is 7.68. The quantitative estimate of drug-likeness (QED) is 0.588. The molecule has 0 aliphatic heterocycles. The Labute approximate surface area is 170 Å². The maximum atomic E-state index is 12.3. The third kappa shape index (κ3) is 5.02. The Morgan fingerprint density at radius 3 is 2.55 bits per heavy atom. The molecule has 0 saturated carbocycles. The van der Waals surface area contributed by atoms with E-state index in [9.17, 15) is 14.4 Å². The molecule has 0 aliphatic rings. The summed E-state index contributed by atoms with van der Waals surface area (Å²) >= 11 is 1.11. The molecule has 0 saturated heterocycles. The molecule has 1 amide bonds. The lowest BCUT2D eigenvalue weighted by atomic mass is 10.1. The summed E-state index contributed by atoms with van der Waals surface area (Å²) in [7, 11) is 1.40. The maximum absolute atomic E-state index is 12.3. The molecule has 3 rings (SSSR count). The Kier molecular flexibility index (Phi) is 6.02. The molecule has 0 aliphatic carbocycles. The van der Waals surface area contributed by atoms with Gasteiger partial charge in [-0.2, -0.15) is 0 Å². The third-order valence-electron chi connectivity index (χ3n) is 4.22. The first-order valence-electron chi connectivity index (χ1n) is 8.85. The zero-order valence-corrected chi connectivity index (χ0v) is 17.3. The van der Waals surface area contributed by atoms with E-state index in [1.54, 1.807) is 6.92 Å². The number of H-pyrrole nitrogens is 1. The van der Waals surface area contributed by atoms with E-state index in [4.69, 9.17) is 4.42 Å². The Morgan fingerprint density at radius 2 is 1.86 bits per heavy atom. The minimum Gasteiger partial charge on any atom is -0.416 e. The number of rotatable bonds is 6. The van der Waals surface area contributed by atoms with Gasteiger partial charge in [0.1, 0.15) is 0 Å². The van der Waals surface area contributed by atoms with E-state index in [1.807, 2.05) is 32.0 Å². The number of thioether (sulfide) groups is 1. The van der Waals surface area contributed by atoms with Crippen LogP contribution >= 0.6 is 11.8 Å². The van der Waals surface area contributed by atoms with Crippen LogP contribution in [-0.4, -0.2) is 31.4 Å². The van der Waals surface area contributed by atoms with Gasteiger partial charge in [-0.3, -0.25) is 14.2 Å². The van der Waals surface area contributed by atoms with Crippen molar-refractivity contribution in [3.05, 3.63) is 67.3 Å². The predicted octanol–water partition coefficient (Wildman–Crippen LogP) is 1.70. The normalized spacial score (nSPS) is 10.9. The summed E-state index contributed by atoms with van der Waals surface area (Å²) in [5, 5.41) is 10.9. The van der Waals surface area contributed by atoms with E-state index < -0.39 is 11.2 Å². The number of nitrogens with one attached hydrogen (secondary N) is 2. The summed E-state index contributed by atoms with van der Waals surface area (Å²) in [5.74, 6) is 0.146. The van der Waals surface area contributed by atoms with Gasteiger partial charge in [-0.15, -0.1) is 10.2 Å². The second kappa shape index (κ2) is 8.48. The van der Waals surface area contributed by atoms with Gasteiger partial charge in [0.2, 0.25) is 11.8 Å². The summed E-state index contributed by atoms with van der Waals surface area (Å²) in [6.07, 6.45) is 0.0949. The van der Waals surface area contributed by atoms with Gasteiger partial charge in [-0.25, -0.2) is 4.79 Å². The lowest BCUT2D eigenvalue weighted by Gasteiger charge is -2.06. The highest BCUT2D eigenvalue weighted by Crippen LogP contribution is 2.19. The number of aryl methyl sites for hydroxylation is 3. The summed E-state index contributed by atoms with van der Waals surface area (Å²) in [5.41, 5.74) is 2.82. The smallest absolute Gasteiger partial charge is 0.328 e. The fourth-order valence-corrected chi connectivity index (χ4v) is 3.45. The number of carbonyl (C=O) groups excluding carboxylic acids is 1. The van der Waals surface area contributed by atoms with Gasteiger partial charge in [-0.05, 0) is 44.0 Å². The van der Waals surface area contributed by atoms with Gasteiger partial charge in [-0.1, -0.05) is 17.8 Å². The van der Waals surface area contributed by atoms with Crippen molar-refractivity contribution in [2.24, 2.45) is 7.05 Å². The summed E-state index contributed by atoms with van der Waals surface area (Å²) < 4.78 is 6.52. The monoisotopic (exact) mass is 415 g/mol. The minimum atomic E-state index is -0.479. The second-order valence-electron chi connectivity index (χ2n) is 6.75. The van der Waals surface area contributed by atoms with Crippen LogP contribution in [0.2, 0.25) is 0 Å². The van der Waals surface area contributed by atoms with Crippen LogP contribution in [-0.2, 0) is 18.3 Å². The van der Waals surface area contributed by atoms with E-state index in [-0.39, 0.29) is 29.2 Å². The van der Waals surface area contributed by atoms with E-state index in [0.29, 0.717) is 11.3 Å². The molecule has 0 spiro atoms. The number of hydrogen-bond donors (Lipinski definition) is 2. The Balaban J connectivity index is 1.62. The van der Waals surface area contributed by atoms with Crippen molar-refractivity contribution in [1.82, 2.24) is 19.7 Å². The zero-order chi connectivity index (χ0) is 21.1. The minimum absolute atomic E-state index is 0.0949. The Morgan fingerprint density at radius 1 is 1.17 bits per heavy atom. The zero-order valence-electron chi connectivity index (χ0n) is 16.5. The molecule has 0 unspecified atom stereocenters. The standard InChI is InChI=1S/C19H21N5O4S/c1-10-5-11(2)7-13(6-10)21-15(25)9-29-19-23-22-16(28-19)8-14-12(3)20-18(27)24(4)17(14)26/h5-7H,8-9H2,1-4H3,(H,20,27)(H,21,25). The number of carbonyl (C=O) groups is 1. The number of anilines is 1. The first-order chi connectivity index (χ1) is 13.7. The molecule has 1 aromatic carbocycles. The lowest BCUT2D eigenvalue weighted by Crippen LogP contribution is -2.36. The number of aromatic amines is 1. The third-order valence-corrected chi connectivity index (χ3v) is 5.04. The van der Waals surface area contributed by atoms with Crippen molar-refractivity contribution >= 4 is 23.4 Å². The molecule has 3 aromatic rings. The van der Waals surface area contributed by atoms with Crippen molar-refractivity contribution in [1.29, 1.82) is 0 Å². The van der Waals surface area contributed by atoms with Crippen LogP contribution in [0.15, 0.2) is 37.4 Å². The van der Waals surface area contributed by atoms with Gasteiger partial charge < -0.3 is 14.7 Å². The number of benzene rings is 1. The van der Waals surface area contributed by atoms with Gasteiger partial charge in [0.15, 0.2) is 0 Å². The lowest BCUT2D eigenvalue weighted by molar-refractivity contribution is -0.113. The molecule has 152 valence electrons. The molecule has 9 nitrogen and oxygen atoms in total. The largest absolute Gasteiger partial charge is 0.416 e. The highest BCUT2D eigenvalue weighted by atomic mass is 32.2. The summed E-state index contributed by atoms with van der Waals surface area (Å²) in [6.45, 7) is 5.57. The predicted molar refractivity (Wildman–Crippen MR) is 109 cm³/mol. The Hall–Kier alpha value is -3.14. The van der Waals surface area contributed by atoms with Crippen LogP contribution in [0.1, 0.15) is 28.3 Å². The van der Waals surface area contributed by atoms with Gasteiger partial charge >= 0.3 is 5.69 Å². The number of amides is 1. The fourth-order valence-electron chi connectivity index (χ4n) is 2.87. The molecular formula is C19H21N5O4S. The van der Waals surface area contributed by atoms with E-state index in [0.717, 1.165) is 33.1 Å². The van der Waals surface area contributed by atoms with Crippen LogP contribution in [0.25, 0.3) is 0 Å². The number of nitrogens with zero attached hydrogens (tertiary/aromatic N) is 3. The number of hydrogen-bond acceptors (Lipinski definition) is 7. The molecule has 2 heterocycles. The van der Waals surface area contributed by atoms with Gasteiger partial charge in [0.25, 0.3) is 10.8 Å².